The van der Waals surface area contributed by atoms with E-state index >= 15 is 0 Å². The van der Waals surface area contributed by atoms with Crippen LogP contribution in [0.1, 0.15) is 15.9 Å². The third-order valence-electron chi connectivity index (χ3n) is 4.50. The third-order valence-corrected chi connectivity index (χ3v) is 4.50. The van der Waals surface area contributed by atoms with E-state index in [2.05, 4.69) is 16.0 Å². The number of rotatable bonds is 9. The Kier molecular flexibility index (Phi) is 7.31. The van der Waals surface area contributed by atoms with Crippen LogP contribution in [-0.2, 0) is 11.2 Å². The molecule has 0 atom stereocenters. The molecule has 0 saturated carbocycles. The first kappa shape index (κ1) is 21.5. The van der Waals surface area contributed by atoms with E-state index in [9.17, 15) is 19.7 Å². The van der Waals surface area contributed by atoms with Gasteiger partial charge in [0.2, 0.25) is 5.91 Å². The molecule has 0 radical (unpaired) electrons. The van der Waals surface area contributed by atoms with Crippen LogP contribution in [0, 0.1) is 10.1 Å². The van der Waals surface area contributed by atoms with Crippen molar-refractivity contribution in [1.82, 2.24) is 5.32 Å². The van der Waals surface area contributed by atoms with Gasteiger partial charge in [-0.25, -0.2) is 0 Å². The smallest absolute Gasteiger partial charge is 0.271 e. The fraction of sp³-hybridized carbons (Fsp3) is 0.130. The van der Waals surface area contributed by atoms with Crippen LogP contribution in [0.2, 0.25) is 0 Å². The molecular weight excluding hydrogens is 396 g/mol. The van der Waals surface area contributed by atoms with E-state index in [0.29, 0.717) is 29.9 Å². The van der Waals surface area contributed by atoms with Crippen molar-refractivity contribution >= 4 is 28.9 Å². The topological polar surface area (TPSA) is 113 Å². The molecule has 8 nitrogen and oxygen atoms in total. The standard InChI is InChI=1S/C23H22N4O4/c28-22(16-25-18-9-6-10-19(15-18)27(30)31)26-21-12-5-4-11-20(21)23(29)24-14-13-17-7-2-1-3-8-17/h1-12,15,25H,13-14,16H2,(H,24,29)(H,26,28). The molecule has 0 spiro atoms. The second-order valence-electron chi connectivity index (χ2n) is 6.75. The van der Waals surface area contributed by atoms with Crippen molar-refractivity contribution in [2.75, 3.05) is 23.7 Å². The minimum atomic E-state index is -0.502. The van der Waals surface area contributed by atoms with Gasteiger partial charge in [-0.05, 0) is 30.2 Å². The molecule has 0 bridgehead atoms. The molecule has 0 saturated heterocycles. The molecule has 158 valence electrons. The van der Waals surface area contributed by atoms with Crippen LogP contribution in [0.25, 0.3) is 0 Å². The zero-order valence-electron chi connectivity index (χ0n) is 16.7. The molecule has 0 aliphatic heterocycles. The molecular formula is C23H22N4O4. The lowest BCUT2D eigenvalue weighted by Crippen LogP contribution is -2.28. The Morgan fingerprint density at radius 2 is 1.65 bits per heavy atom. The minimum absolute atomic E-state index is 0.0667. The lowest BCUT2D eigenvalue weighted by atomic mass is 10.1. The van der Waals surface area contributed by atoms with Crippen molar-refractivity contribution in [3.05, 3.63) is 100 Å². The number of non-ortho nitro benzene ring substituents is 1. The molecule has 0 fully saturated rings. The van der Waals surface area contributed by atoms with Crippen molar-refractivity contribution in [3.63, 3.8) is 0 Å². The number of anilines is 2. The highest BCUT2D eigenvalue weighted by atomic mass is 16.6. The average Bonchev–Trinajstić information content (AvgIpc) is 2.79. The molecule has 0 unspecified atom stereocenters. The van der Waals surface area contributed by atoms with Gasteiger partial charge >= 0.3 is 0 Å². The van der Waals surface area contributed by atoms with Crippen LogP contribution >= 0.6 is 0 Å². The Morgan fingerprint density at radius 1 is 0.903 bits per heavy atom. The summed E-state index contributed by atoms with van der Waals surface area (Å²) in [6.07, 6.45) is 0.703. The van der Waals surface area contributed by atoms with Crippen LogP contribution in [-0.4, -0.2) is 29.8 Å². The van der Waals surface area contributed by atoms with E-state index in [4.69, 9.17) is 0 Å². The van der Waals surface area contributed by atoms with Gasteiger partial charge in [0.05, 0.1) is 22.7 Å². The first-order valence-corrected chi connectivity index (χ1v) is 9.72. The third kappa shape index (κ3) is 6.40. The highest BCUT2D eigenvalue weighted by Crippen LogP contribution is 2.18. The van der Waals surface area contributed by atoms with Gasteiger partial charge in [0, 0.05) is 24.4 Å². The number of amides is 2. The number of nitrogens with zero attached hydrogens (tertiary/aromatic N) is 1. The van der Waals surface area contributed by atoms with Gasteiger partial charge in [0.1, 0.15) is 0 Å². The molecule has 0 aromatic heterocycles. The maximum Gasteiger partial charge on any atom is 0.271 e. The second-order valence-corrected chi connectivity index (χ2v) is 6.75. The van der Waals surface area contributed by atoms with E-state index in [1.54, 1.807) is 30.3 Å². The summed E-state index contributed by atoms with van der Waals surface area (Å²) in [5.41, 5.74) is 2.26. The number of carbonyl (C=O) groups is 2. The number of para-hydroxylation sites is 1. The quantitative estimate of drug-likeness (QED) is 0.363. The Hall–Kier alpha value is -4.20. The molecule has 2 amide bonds. The van der Waals surface area contributed by atoms with E-state index in [0.717, 1.165) is 5.56 Å². The van der Waals surface area contributed by atoms with E-state index in [-0.39, 0.29) is 24.0 Å². The summed E-state index contributed by atoms with van der Waals surface area (Å²) in [6, 6.07) is 22.5. The second kappa shape index (κ2) is 10.5. The van der Waals surface area contributed by atoms with Gasteiger partial charge in [-0.1, -0.05) is 48.5 Å². The van der Waals surface area contributed by atoms with Gasteiger partial charge < -0.3 is 16.0 Å². The fourth-order valence-electron chi connectivity index (χ4n) is 2.96. The average molecular weight is 418 g/mol. The van der Waals surface area contributed by atoms with Crippen molar-refractivity contribution in [2.45, 2.75) is 6.42 Å². The minimum Gasteiger partial charge on any atom is -0.376 e. The predicted octanol–water partition coefficient (Wildman–Crippen LogP) is 3.62. The van der Waals surface area contributed by atoms with Crippen LogP contribution in [0.4, 0.5) is 17.1 Å². The molecule has 3 N–H and O–H groups in total. The van der Waals surface area contributed by atoms with Crippen LogP contribution in [0.3, 0.4) is 0 Å². The first-order valence-electron chi connectivity index (χ1n) is 9.72. The molecule has 3 rings (SSSR count). The number of nitro groups is 1. The highest BCUT2D eigenvalue weighted by molar-refractivity contribution is 6.04. The van der Waals surface area contributed by atoms with Crippen LogP contribution < -0.4 is 16.0 Å². The summed E-state index contributed by atoms with van der Waals surface area (Å²) in [5.74, 6) is -0.658. The van der Waals surface area contributed by atoms with Crippen LogP contribution in [0.15, 0.2) is 78.9 Å². The summed E-state index contributed by atoms with van der Waals surface area (Å²) < 4.78 is 0. The monoisotopic (exact) mass is 418 g/mol. The van der Waals surface area contributed by atoms with Gasteiger partial charge in [-0.3, -0.25) is 19.7 Å². The van der Waals surface area contributed by atoms with E-state index < -0.39 is 4.92 Å². The van der Waals surface area contributed by atoms with Gasteiger partial charge in [-0.15, -0.1) is 0 Å². The number of carbonyl (C=O) groups excluding carboxylic acids is 2. The normalized spacial score (nSPS) is 10.2. The molecule has 3 aromatic carbocycles. The number of nitrogens with one attached hydrogen (secondary N) is 3. The number of benzene rings is 3. The fourth-order valence-corrected chi connectivity index (χ4v) is 2.96. The molecule has 31 heavy (non-hydrogen) atoms. The van der Waals surface area contributed by atoms with Crippen molar-refractivity contribution in [3.8, 4) is 0 Å². The molecule has 0 heterocycles. The van der Waals surface area contributed by atoms with Gasteiger partial charge in [0.15, 0.2) is 0 Å². The lowest BCUT2D eigenvalue weighted by molar-refractivity contribution is -0.384. The molecule has 0 aliphatic carbocycles. The maximum absolute atomic E-state index is 12.6. The van der Waals surface area contributed by atoms with Crippen molar-refractivity contribution < 1.29 is 14.5 Å². The summed E-state index contributed by atoms with van der Waals surface area (Å²) in [4.78, 5) is 35.3. The Labute approximate surface area is 179 Å². The lowest BCUT2D eigenvalue weighted by Gasteiger charge is -2.12. The summed E-state index contributed by atoms with van der Waals surface area (Å²) in [6.45, 7) is 0.366. The SMILES string of the molecule is O=C(CNc1cccc([N+](=O)[O-])c1)Nc1ccccc1C(=O)NCCc1ccccc1. The van der Waals surface area contributed by atoms with Crippen LogP contribution in [0.5, 0.6) is 0 Å². The van der Waals surface area contributed by atoms with E-state index in [1.807, 2.05) is 30.3 Å². The van der Waals surface area contributed by atoms with Crippen molar-refractivity contribution in [2.24, 2.45) is 0 Å². The predicted molar refractivity (Wildman–Crippen MR) is 119 cm³/mol. The molecule has 0 aliphatic rings. The van der Waals surface area contributed by atoms with E-state index in [1.165, 1.54) is 18.2 Å². The molecule has 3 aromatic rings. The number of hydrogen-bond donors (Lipinski definition) is 3. The Balaban J connectivity index is 1.55. The number of nitro benzene ring substituents is 1. The zero-order valence-corrected chi connectivity index (χ0v) is 16.7. The van der Waals surface area contributed by atoms with Crippen molar-refractivity contribution in [1.29, 1.82) is 0 Å². The first-order chi connectivity index (χ1) is 15.0. The summed E-state index contributed by atoms with van der Waals surface area (Å²) in [5, 5.41) is 19.3. The maximum atomic E-state index is 12.6. The Bertz CT molecular complexity index is 1070. The van der Waals surface area contributed by atoms with Gasteiger partial charge in [0.25, 0.3) is 11.6 Å². The summed E-state index contributed by atoms with van der Waals surface area (Å²) in [7, 11) is 0. The molecule has 8 heteroatoms. The number of hydrogen-bond acceptors (Lipinski definition) is 5. The summed E-state index contributed by atoms with van der Waals surface area (Å²) >= 11 is 0. The highest BCUT2D eigenvalue weighted by Gasteiger charge is 2.13. The zero-order chi connectivity index (χ0) is 22.1. The van der Waals surface area contributed by atoms with Gasteiger partial charge in [-0.2, -0.15) is 0 Å². The largest absolute Gasteiger partial charge is 0.376 e. The Morgan fingerprint density at radius 3 is 2.42 bits per heavy atom.